The molecule has 1 aliphatic rings. The standard InChI is InChI=1S/C18H20ClN3OS/c1-4-5-6-12-11-8-23-18(2,3)7-10(11)13-14-15(24-17(13)22-12)16(19)21-9-20-14/h9H,4-8H2,1-3H3. The number of fused-ring (bicyclic) bond motifs is 5. The molecule has 0 aromatic carbocycles. The van der Waals surface area contributed by atoms with Crippen LogP contribution in [0.25, 0.3) is 20.4 Å². The lowest BCUT2D eigenvalue weighted by Crippen LogP contribution is -2.32. The Balaban J connectivity index is 2.04. The Hall–Kier alpha value is -1.30. The molecule has 0 spiro atoms. The number of halogens is 1. The molecule has 1 aliphatic heterocycles. The monoisotopic (exact) mass is 361 g/mol. The van der Waals surface area contributed by atoms with Crippen LogP contribution in [0.1, 0.15) is 50.4 Å². The van der Waals surface area contributed by atoms with Crippen molar-refractivity contribution in [3.63, 3.8) is 0 Å². The van der Waals surface area contributed by atoms with Crippen molar-refractivity contribution in [3.8, 4) is 0 Å². The summed E-state index contributed by atoms with van der Waals surface area (Å²) in [7, 11) is 0. The maximum atomic E-state index is 6.30. The van der Waals surface area contributed by atoms with Gasteiger partial charge in [0.15, 0.2) is 0 Å². The molecule has 0 amide bonds. The fraction of sp³-hybridized carbons (Fsp3) is 0.500. The third-order valence-electron chi connectivity index (χ3n) is 4.64. The van der Waals surface area contributed by atoms with Crippen molar-refractivity contribution in [2.24, 2.45) is 0 Å². The van der Waals surface area contributed by atoms with E-state index in [-0.39, 0.29) is 5.60 Å². The first-order valence-electron chi connectivity index (χ1n) is 8.37. The Labute approximate surface area is 150 Å². The summed E-state index contributed by atoms with van der Waals surface area (Å²) in [5.41, 5.74) is 4.52. The molecule has 0 saturated heterocycles. The number of unbranched alkanes of at least 4 members (excludes halogenated alkanes) is 1. The molecule has 0 aliphatic carbocycles. The van der Waals surface area contributed by atoms with Crippen molar-refractivity contribution >= 4 is 43.4 Å². The molecule has 6 heteroatoms. The van der Waals surface area contributed by atoms with Crippen molar-refractivity contribution in [1.82, 2.24) is 15.0 Å². The first-order valence-corrected chi connectivity index (χ1v) is 9.57. The number of hydrogen-bond donors (Lipinski definition) is 0. The molecule has 126 valence electrons. The van der Waals surface area contributed by atoms with E-state index in [0.29, 0.717) is 11.8 Å². The van der Waals surface area contributed by atoms with Gasteiger partial charge < -0.3 is 4.74 Å². The summed E-state index contributed by atoms with van der Waals surface area (Å²) in [5, 5.41) is 1.66. The first-order chi connectivity index (χ1) is 11.5. The van der Waals surface area contributed by atoms with Crippen LogP contribution in [0.2, 0.25) is 5.15 Å². The van der Waals surface area contributed by atoms with E-state index < -0.39 is 0 Å². The fourth-order valence-corrected chi connectivity index (χ4v) is 4.70. The second-order valence-electron chi connectivity index (χ2n) is 6.97. The number of ether oxygens (including phenoxy) is 1. The molecule has 0 bridgehead atoms. The van der Waals surface area contributed by atoms with E-state index in [0.717, 1.165) is 46.1 Å². The zero-order chi connectivity index (χ0) is 16.9. The van der Waals surface area contributed by atoms with Gasteiger partial charge in [-0.2, -0.15) is 0 Å². The lowest BCUT2D eigenvalue weighted by molar-refractivity contribution is -0.0401. The number of thiophene rings is 1. The van der Waals surface area contributed by atoms with Crippen molar-refractivity contribution in [2.45, 2.75) is 58.7 Å². The molecule has 0 fully saturated rings. The molecule has 0 radical (unpaired) electrons. The van der Waals surface area contributed by atoms with Crippen LogP contribution in [0.4, 0.5) is 0 Å². The summed E-state index contributed by atoms with van der Waals surface area (Å²) < 4.78 is 7.01. The maximum absolute atomic E-state index is 6.30. The number of hydrogen-bond acceptors (Lipinski definition) is 5. The van der Waals surface area contributed by atoms with E-state index in [1.807, 2.05) is 0 Å². The van der Waals surface area contributed by atoms with Crippen LogP contribution >= 0.6 is 22.9 Å². The second-order valence-corrected chi connectivity index (χ2v) is 8.33. The van der Waals surface area contributed by atoms with Gasteiger partial charge in [0.2, 0.25) is 0 Å². The molecule has 4 rings (SSSR count). The Morgan fingerprint density at radius 1 is 1.29 bits per heavy atom. The fourth-order valence-electron chi connectivity index (χ4n) is 3.40. The Morgan fingerprint density at radius 3 is 2.92 bits per heavy atom. The zero-order valence-corrected chi connectivity index (χ0v) is 15.7. The van der Waals surface area contributed by atoms with E-state index in [4.69, 9.17) is 21.3 Å². The van der Waals surface area contributed by atoms with E-state index in [1.165, 1.54) is 16.8 Å². The van der Waals surface area contributed by atoms with Crippen molar-refractivity contribution < 1.29 is 4.74 Å². The topological polar surface area (TPSA) is 47.9 Å². The number of aromatic nitrogens is 3. The van der Waals surface area contributed by atoms with E-state index in [9.17, 15) is 0 Å². The maximum Gasteiger partial charge on any atom is 0.150 e. The smallest absolute Gasteiger partial charge is 0.150 e. The number of pyridine rings is 1. The Bertz CT molecular complexity index is 935. The van der Waals surface area contributed by atoms with Crippen LogP contribution < -0.4 is 0 Å². The molecule has 0 N–H and O–H groups in total. The molecular weight excluding hydrogens is 342 g/mol. The predicted molar refractivity (Wildman–Crippen MR) is 98.9 cm³/mol. The SMILES string of the molecule is CCCCc1nc2sc3c(Cl)ncnc3c2c2c1COC(C)(C)C2. The van der Waals surface area contributed by atoms with Crippen LogP contribution in [0.3, 0.4) is 0 Å². The molecule has 3 aromatic heterocycles. The quantitative estimate of drug-likeness (QED) is 0.610. The van der Waals surface area contributed by atoms with E-state index in [1.54, 1.807) is 17.7 Å². The summed E-state index contributed by atoms with van der Waals surface area (Å²) in [6.45, 7) is 7.12. The van der Waals surface area contributed by atoms with Gasteiger partial charge in [0.05, 0.1) is 22.4 Å². The molecule has 3 aromatic rings. The number of nitrogens with zero attached hydrogens (tertiary/aromatic N) is 3. The summed E-state index contributed by atoms with van der Waals surface area (Å²) in [6, 6.07) is 0. The third kappa shape index (κ3) is 2.59. The van der Waals surface area contributed by atoms with Crippen LogP contribution in [0.5, 0.6) is 0 Å². The van der Waals surface area contributed by atoms with Crippen LogP contribution in [0, 0.1) is 0 Å². The molecule has 4 heterocycles. The van der Waals surface area contributed by atoms with Gasteiger partial charge in [0, 0.05) is 23.1 Å². The van der Waals surface area contributed by atoms with Crippen molar-refractivity contribution in [2.75, 3.05) is 0 Å². The Morgan fingerprint density at radius 2 is 2.12 bits per heavy atom. The minimum Gasteiger partial charge on any atom is -0.370 e. The number of aryl methyl sites for hydroxylation is 1. The summed E-state index contributed by atoms with van der Waals surface area (Å²) in [6.07, 6.45) is 5.70. The minimum absolute atomic E-state index is 0.172. The van der Waals surface area contributed by atoms with Crippen LogP contribution in [0.15, 0.2) is 6.33 Å². The molecule has 0 unspecified atom stereocenters. The second kappa shape index (κ2) is 5.90. The summed E-state index contributed by atoms with van der Waals surface area (Å²) >= 11 is 7.90. The highest BCUT2D eigenvalue weighted by Gasteiger charge is 2.31. The van der Waals surface area contributed by atoms with Gasteiger partial charge in [-0.3, -0.25) is 0 Å². The highest BCUT2D eigenvalue weighted by molar-refractivity contribution is 7.26. The van der Waals surface area contributed by atoms with Gasteiger partial charge in [-0.15, -0.1) is 11.3 Å². The Kier molecular flexibility index (Phi) is 3.98. The van der Waals surface area contributed by atoms with E-state index in [2.05, 4.69) is 30.7 Å². The molecule has 0 atom stereocenters. The normalized spacial score (nSPS) is 16.7. The average molecular weight is 362 g/mol. The minimum atomic E-state index is -0.172. The van der Waals surface area contributed by atoms with E-state index >= 15 is 0 Å². The van der Waals surface area contributed by atoms with Gasteiger partial charge in [-0.25, -0.2) is 15.0 Å². The highest BCUT2D eigenvalue weighted by atomic mass is 35.5. The summed E-state index contributed by atoms with van der Waals surface area (Å²) in [5.74, 6) is 0. The zero-order valence-electron chi connectivity index (χ0n) is 14.1. The van der Waals surface area contributed by atoms with Gasteiger partial charge in [-0.1, -0.05) is 24.9 Å². The van der Waals surface area contributed by atoms with Crippen molar-refractivity contribution in [3.05, 3.63) is 28.3 Å². The van der Waals surface area contributed by atoms with Gasteiger partial charge in [-0.05, 0) is 32.3 Å². The first kappa shape index (κ1) is 16.2. The van der Waals surface area contributed by atoms with Gasteiger partial charge >= 0.3 is 0 Å². The third-order valence-corrected chi connectivity index (χ3v) is 6.12. The average Bonchev–Trinajstić information content (AvgIpc) is 2.91. The van der Waals surface area contributed by atoms with Gasteiger partial charge in [0.25, 0.3) is 0 Å². The predicted octanol–water partition coefficient (Wildman–Crippen LogP) is 5.09. The number of rotatable bonds is 3. The molecule has 0 saturated carbocycles. The van der Waals surface area contributed by atoms with Crippen LogP contribution in [-0.4, -0.2) is 20.6 Å². The lowest BCUT2D eigenvalue weighted by Gasteiger charge is -2.33. The molecular formula is C18H20ClN3OS. The van der Waals surface area contributed by atoms with Crippen molar-refractivity contribution in [1.29, 1.82) is 0 Å². The molecule has 4 nitrogen and oxygen atoms in total. The summed E-state index contributed by atoms with van der Waals surface area (Å²) in [4.78, 5) is 14.6. The molecule has 24 heavy (non-hydrogen) atoms. The van der Waals surface area contributed by atoms with Crippen LogP contribution in [-0.2, 0) is 24.2 Å². The highest BCUT2D eigenvalue weighted by Crippen LogP contribution is 2.42. The largest absolute Gasteiger partial charge is 0.370 e. The van der Waals surface area contributed by atoms with Gasteiger partial charge in [0.1, 0.15) is 16.3 Å². The lowest BCUT2D eigenvalue weighted by atomic mass is 9.88.